The monoisotopic (exact) mass is 205 g/mol. The van der Waals surface area contributed by atoms with E-state index < -0.39 is 0 Å². The minimum absolute atomic E-state index is 0.178. The molecule has 0 aliphatic carbocycles. The van der Waals surface area contributed by atoms with Crippen molar-refractivity contribution in [2.24, 2.45) is 0 Å². The number of hydrogen-bond acceptors (Lipinski definition) is 2. The molecule has 1 aromatic rings. The molecule has 1 rings (SSSR count). The molecule has 15 heavy (non-hydrogen) atoms. The SMILES string of the molecule is CCCc1ccc(CNCC(C)=O)cc1. The van der Waals surface area contributed by atoms with E-state index in [1.807, 2.05) is 0 Å². The Kier molecular flexibility index (Phi) is 5.05. The molecule has 2 heteroatoms. The molecule has 0 radical (unpaired) electrons. The first-order chi connectivity index (χ1) is 7.22. The van der Waals surface area contributed by atoms with Gasteiger partial charge in [0.05, 0.1) is 6.54 Å². The maximum atomic E-state index is 10.7. The number of aryl methyl sites for hydroxylation is 1. The molecular weight excluding hydrogens is 186 g/mol. The van der Waals surface area contributed by atoms with Crippen LogP contribution in [0.25, 0.3) is 0 Å². The molecule has 0 saturated heterocycles. The molecule has 0 spiro atoms. The number of carbonyl (C=O) groups excluding carboxylic acids is 1. The molecule has 0 bridgehead atoms. The zero-order valence-electron chi connectivity index (χ0n) is 9.55. The molecule has 0 amide bonds. The van der Waals surface area contributed by atoms with Crippen LogP contribution in [0.1, 0.15) is 31.4 Å². The summed E-state index contributed by atoms with van der Waals surface area (Å²) in [5.41, 5.74) is 2.61. The summed E-state index contributed by atoms with van der Waals surface area (Å²) in [5, 5.41) is 3.10. The first kappa shape index (κ1) is 11.9. The highest BCUT2D eigenvalue weighted by Gasteiger charge is 1.95. The number of rotatable bonds is 6. The summed E-state index contributed by atoms with van der Waals surface area (Å²) in [6, 6.07) is 8.57. The molecule has 0 atom stereocenters. The van der Waals surface area contributed by atoms with Gasteiger partial charge in [0.1, 0.15) is 5.78 Å². The van der Waals surface area contributed by atoms with Crippen LogP contribution in [0.3, 0.4) is 0 Å². The summed E-state index contributed by atoms with van der Waals surface area (Å²) in [4.78, 5) is 10.7. The highest BCUT2D eigenvalue weighted by Crippen LogP contribution is 2.06. The topological polar surface area (TPSA) is 29.1 Å². The van der Waals surface area contributed by atoms with Gasteiger partial charge >= 0.3 is 0 Å². The largest absolute Gasteiger partial charge is 0.306 e. The van der Waals surface area contributed by atoms with Crippen molar-refractivity contribution in [2.45, 2.75) is 33.2 Å². The van der Waals surface area contributed by atoms with E-state index >= 15 is 0 Å². The van der Waals surface area contributed by atoms with Crippen molar-refractivity contribution >= 4 is 5.78 Å². The molecule has 1 aromatic carbocycles. The summed E-state index contributed by atoms with van der Waals surface area (Å²) in [6.45, 7) is 5.00. The Morgan fingerprint density at radius 2 is 1.80 bits per heavy atom. The normalized spacial score (nSPS) is 10.3. The molecule has 0 aliphatic heterocycles. The molecule has 0 saturated carbocycles. The van der Waals surface area contributed by atoms with E-state index in [0.29, 0.717) is 6.54 Å². The number of Topliss-reactive ketones (excluding diaryl/α,β-unsaturated/α-hetero) is 1. The van der Waals surface area contributed by atoms with Gasteiger partial charge in [-0.3, -0.25) is 4.79 Å². The molecule has 0 heterocycles. The first-order valence-corrected chi connectivity index (χ1v) is 5.50. The van der Waals surface area contributed by atoms with Crippen molar-refractivity contribution in [3.8, 4) is 0 Å². The van der Waals surface area contributed by atoms with Crippen LogP contribution in [0.4, 0.5) is 0 Å². The molecule has 1 N–H and O–H groups in total. The summed E-state index contributed by atoms with van der Waals surface area (Å²) in [5.74, 6) is 0.178. The Morgan fingerprint density at radius 1 is 1.20 bits per heavy atom. The lowest BCUT2D eigenvalue weighted by Crippen LogP contribution is -2.20. The maximum Gasteiger partial charge on any atom is 0.143 e. The minimum atomic E-state index is 0.178. The van der Waals surface area contributed by atoms with Gasteiger partial charge in [-0.05, 0) is 24.5 Å². The van der Waals surface area contributed by atoms with Gasteiger partial charge in [0.25, 0.3) is 0 Å². The zero-order valence-corrected chi connectivity index (χ0v) is 9.55. The van der Waals surface area contributed by atoms with Crippen molar-refractivity contribution in [1.29, 1.82) is 0 Å². The van der Waals surface area contributed by atoms with Gasteiger partial charge in [-0.1, -0.05) is 37.6 Å². The van der Waals surface area contributed by atoms with E-state index in [1.165, 1.54) is 17.5 Å². The number of ketones is 1. The van der Waals surface area contributed by atoms with E-state index in [2.05, 4.69) is 36.5 Å². The Morgan fingerprint density at radius 3 is 2.33 bits per heavy atom. The Balaban J connectivity index is 2.39. The summed E-state index contributed by atoms with van der Waals surface area (Å²) in [6.07, 6.45) is 2.32. The molecule has 82 valence electrons. The van der Waals surface area contributed by atoms with Gasteiger partial charge in [0, 0.05) is 6.54 Å². The third kappa shape index (κ3) is 4.75. The van der Waals surface area contributed by atoms with Crippen LogP contribution < -0.4 is 5.32 Å². The van der Waals surface area contributed by atoms with Crippen LogP contribution in [0.15, 0.2) is 24.3 Å². The lowest BCUT2D eigenvalue weighted by Gasteiger charge is -2.04. The second kappa shape index (κ2) is 6.36. The van der Waals surface area contributed by atoms with Crippen molar-refractivity contribution < 1.29 is 4.79 Å². The molecular formula is C13H19NO. The Bertz CT molecular complexity index is 303. The predicted octanol–water partition coefficient (Wildman–Crippen LogP) is 2.32. The highest BCUT2D eigenvalue weighted by atomic mass is 16.1. The van der Waals surface area contributed by atoms with Gasteiger partial charge in [-0.25, -0.2) is 0 Å². The fourth-order valence-corrected chi connectivity index (χ4v) is 1.50. The number of nitrogens with one attached hydrogen (secondary N) is 1. The Labute approximate surface area is 91.7 Å². The number of carbonyl (C=O) groups is 1. The van der Waals surface area contributed by atoms with Crippen LogP contribution in [-0.4, -0.2) is 12.3 Å². The fraction of sp³-hybridized carbons (Fsp3) is 0.462. The van der Waals surface area contributed by atoms with Crippen molar-refractivity contribution in [2.75, 3.05) is 6.54 Å². The quantitative estimate of drug-likeness (QED) is 0.772. The van der Waals surface area contributed by atoms with Gasteiger partial charge in [-0.15, -0.1) is 0 Å². The van der Waals surface area contributed by atoms with E-state index in [0.717, 1.165) is 13.0 Å². The van der Waals surface area contributed by atoms with Crippen molar-refractivity contribution in [1.82, 2.24) is 5.32 Å². The van der Waals surface area contributed by atoms with Crippen molar-refractivity contribution in [3.05, 3.63) is 35.4 Å². The third-order valence-electron chi connectivity index (χ3n) is 2.26. The van der Waals surface area contributed by atoms with E-state index in [4.69, 9.17) is 0 Å². The molecule has 2 nitrogen and oxygen atoms in total. The van der Waals surface area contributed by atoms with Crippen LogP contribution in [0.2, 0.25) is 0 Å². The first-order valence-electron chi connectivity index (χ1n) is 5.50. The summed E-state index contributed by atoms with van der Waals surface area (Å²) in [7, 11) is 0. The van der Waals surface area contributed by atoms with Crippen LogP contribution in [-0.2, 0) is 17.8 Å². The third-order valence-corrected chi connectivity index (χ3v) is 2.26. The van der Waals surface area contributed by atoms with E-state index in [9.17, 15) is 4.79 Å². The minimum Gasteiger partial charge on any atom is -0.306 e. The van der Waals surface area contributed by atoms with Crippen LogP contribution in [0, 0.1) is 0 Å². The van der Waals surface area contributed by atoms with Crippen molar-refractivity contribution in [3.63, 3.8) is 0 Å². The second-order valence-corrected chi connectivity index (χ2v) is 3.87. The molecule has 0 aromatic heterocycles. The predicted molar refractivity (Wildman–Crippen MR) is 62.8 cm³/mol. The van der Waals surface area contributed by atoms with Gasteiger partial charge in [0.15, 0.2) is 0 Å². The maximum absolute atomic E-state index is 10.7. The van der Waals surface area contributed by atoms with Gasteiger partial charge < -0.3 is 5.32 Å². The number of hydrogen-bond donors (Lipinski definition) is 1. The molecule has 0 fully saturated rings. The van der Waals surface area contributed by atoms with E-state index in [1.54, 1.807) is 6.92 Å². The number of benzene rings is 1. The Hall–Kier alpha value is -1.15. The average molecular weight is 205 g/mol. The highest BCUT2D eigenvalue weighted by molar-refractivity contribution is 5.77. The van der Waals surface area contributed by atoms with Gasteiger partial charge in [-0.2, -0.15) is 0 Å². The average Bonchev–Trinajstić information content (AvgIpc) is 2.20. The summed E-state index contributed by atoms with van der Waals surface area (Å²) < 4.78 is 0. The lowest BCUT2D eigenvalue weighted by molar-refractivity contribution is -0.116. The van der Waals surface area contributed by atoms with Crippen LogP contribution in [0.5, 0.6) is 0 Å². The van der Waals surface area contributed by atoms with Crippen LogP contribution >= 0.6 is 0 Å². The van der Waals surface area contributed by atoms with E-state index in [-0.39, 0.29) is 5.78 Å². The lowest BCUT2D eigenvalue weighted by atomic mass is 10.1. The molecule has 0 aliphatic rings. The fourth-order valence-electron chi connectivity index (χ4n) is 1.50. The smallest absolute Gasteiger partial charge is 0.143 e. The zero-order chi connectivity index (χ0) is 11.1. The summed E-state index contributed by atoms with van der Waals surface area (Å²) >= 11 is 0. The standard InChI is InChI=1S/C13H19NO/c1-3-4-12-5-7-13(8-6-12)10-14-9-11(2)15/h5-8,14H,3-4,9-10H2,1-2H3. The van der Waals surface area contributed by atoms with Gasteiger partial charge in [0.2, 0.25) is 0 Å². The second-order valence-electron chi connectivity index (χ2n) is 3.87. The molecule has 0 unspecified atom stereocenters.